The number of β-lactam (4-membered cyclic amide) rings is 1. The number of hydrogen-bond acceptors (Lipinski definition) is 19. The van der Waals surface area contributed by atoms with E-state index in [4.69, 9.17) is 24.8 Å². The maximum Gasteiger partial charge on any atom is 0.407 e. The molecular formula is C28H39N11O9S3. The first-order valence-electron chi connectivity index (χ1n) is 15.4. The lowest BCUT2D eigenvalue weighted by Crippen LogP contribution is -2.71. The zero-order valence-corrected chi connectivity index (χ0v) is 31.4. The van der Waals surface area contributed by atoms with Crippen molar-refractivity contribution in [2.75, 3.05) is 37.2 Å². The van der Waals surface area contributed by atoms with Crippen molar-refractivity contribution in [3.05, 3.63) is 17.1 Å². The van der Waals surface area contributed by atoms with Crippen LogP contribution >= 0.6 is 35.1 Å². The molecule has 51 heavy (non-hydrogen) atoms. The molecule has 4 rings (SSSR count). The fourth-order valence-electron chi connectivity index (χ4n) is 4.18. The summed E-state index contributed by atoms with van der Waals surface area (Å²) in [5, 5.41) is 20.4. The molecule has 1 fully saturated rings. The Morgan fingerprint density at radius 1 is 1.14 bits per heavy atom. The number of thioether (sulfide) groups is 2. The fraction of sp³-hybridized carbons (Fsp3) is 0.607. The van der Waals surface area contributed by atoms with E-state index in [0.717, 1.165) is 11.5 Å². The van der Waals surface area contributed by atoms with Gasteiger partial charge in [0.1, 0.15) is 29.3 Å². The van der Waals surface area contributed by atoms with Gasteiger partial charge >= 0.3 is 18.0 Å². The van der Waals surface area contributed by atoms with E-state index in [9.17, 15) is 24.0 Å². The molecule has 0 bridgehead atoms. The Morgan fingerprint density at radius 2 is 1.88 bits per heavy atom. The first-order chi connectivity index (χ1) is 24.0. The SMILES string of the molecule is Cn1nnnc1SCC1=C(C(=O)OCOC(=O)C(C)(C)C)N2C(=O)C(NC(=O)C(=NOCCCNC(=O)OC(C)(C)C)c3nsc(N)n3)[C@H]2SC1. The number of ether oxygens (including phenoxy) is 3. The predicted octanol–water partition coefficient (Wildman–Crippen LogP) is 0.816. The van der Waals surface area contributed by atoms with Gasteiger partial charge in [0.15, 0.2) is 5.13 Å². The van der Waals surface area contributed by atoms with E-state index in [-0.39, 0.29) is 47.0 Å². The smallest absolute Gasteiger partial charge is 0.407 e. The summed E-state index contributed by atoms with van der Waals surface area (Å²) in [5.41, 5.74) is 4.45. The minimum atomic E-state index is -1.07. The summed E-state index contributed by atoms with van der Waals surface area (Å²) in [5.74, 6) is -2.47. The summed E-state index contributed by atoms with van der Waals surface area (Å²) in [7, 11) is 1.66. The second-order valence-electron chi connectivity index (χ2n) is 12.9. The quantitative estimate of drug-likeness (QED) is 0.0457. The van der Waals surface area contributed by atoms with Gasteiger partial charge in [-0.3, -0.25) is 19.3 Å². The van der Waals surface area contributed by atoms with Gasteiger partial charge in [0.2, 0.25) is 23.5 Å². The summed E-state index contributed by atoms with van der Waals surface area (Å²) >= 11 is 3.40. The van der Waals surface area contributed by atoms with E-state index in [0.29, 0.717) is 17.2 Å². The van der Waals surface area contributed by atoms with Crippen LogP contribution < -0.4 is 16.4 Å². The number of anilines is 1. The maximum atomic E-state index is 13.6. The molecular weight excluding hydrogens is 731 g/mol. The Kier molecular flexibility index (Phi) is 12.8. The molecule has 0 aromatic carbocycles. The Hall–Kier alpha value is -4.51. The molecule has 4 heterocycles. The van der Waals surface area contributed by atoms with Gasteiger partial charge < -0.3 is 35.4 Å². The van der Waals surface area contributed by atoms with Gasteiger partial charge in [-0.2, -0.15) is 9.36 Å². The standard InChI is InChI=1S/C28H39N11O9S3/c1-27(2,3)23(43)46-13-45-22(42)17-14(12-50-25-33-36-37-38(25)7)11-49-21-16(20(41)39(17)21)31-19(40)15(18-32-24(29)51-35-18)34-47-10-8-9-30-26(44)48-28(4,5)6/h16,21H,8-13H2,1-7H3,(H,30,44)(H,31,40)(H2,29,32,35)/t16?,21-/m1/s1. The van der Waals surface area contributed by atoms with Crippen LogP contribution in [-0.2, 0) is 45.3 Å². The van der Waals surface area contributed by atoms with Gasteiger partial charge in [-0.25, -0.2) is 14.3 Å². The van der Waals surface area contributed by atoms with Gasteiger partial charge in [0.05, 0.1) is 5.41 Å². The van der Waals surface area contributed by atoms with Crippen molar-refractivity contribution in [1.29, 1.82) is 0 Å². The number of rotatable bonds is 14. The van der Waals surface area contributed by atoms with Crippen LogP contribution in [0.15, 0.2) is 21.6 Å². The second-order valence-corrected chi connectivity index (χ2v) is 15.8. The topological polar surface area (TPSA) is 257 Å². The van der Waals surface area contributed by atoms with E-state index < -0.39 is 59.1 Å². The highest BCUT2D eigenvalue weighted by Gasteiger charge is 2.55. The molecule has 1 unspecified atom stereocenters. The molecule has 2 aromatic rings. The number of fused-ring (bicyclic) bond motifs is 1. The third-order valence-corrected chi connectivity index (χ3v) is 9.56. The molecule has 278 valence electrons. The largest absolute Gasteiger partial charge is 0.444 e. The monoisotopic (exact) mass is 769 g/mol. The third-order valence-electron chi connectivity index (χ3n) is 6.58. The summed E-state index contributed by atoms with van der Waals surface area (Å²) in [6.45, 7) is 9.76. The molecule has 20 nitrogen and oxygen atoms in total. The van der Waals surface area contributed by atoms with Gasteiger partial charge in [0, 0.05) is 43.1 Å². The number of nitrogens with zero attached hydrogens (tertiary/aromatic N) is 8. The van der Waals surface area contributed by atoms with Crippen molar-refractivity contribution in [1.82, 2.24) is 45.1 Å². The van der Waals surface area contributed by atoms with Crippen molar-refractivity contribution in [3.63, 3.8) is 0 Å². The minimum Gasteiger partial charge on any atom is -0.444 e. The Labute approximate surface area is 305 Å². The lowest BCUT2D eigenvalue weighted by Gasteiger charge is -2.49. The van der Waals surface area contributed by atoms with Gasteiger partial charge in [0.25, 0.3) is 11.8 Å². The zero-order valence-electron chi connectivity index (χ0n) is 29.0. The van der Waals surface area contributed by atoms with E-state index >= 15 is 0 Å². The van der Waals surface area contributed by atoms with Crippen molar-refractivity contribution in [2.24, 2.45) is 17.6 Å². The van der Waals surface area contributed by atoms with Crippen LogP contribution in [0.25, 0.3) is 0 Å². The molecule has 2 aliphatic heterocycles. The van der Waals surface area contributed by atoms with Crippen LogP contribution in [0.5, 0.6) is 0 Å². The average Bonchev–Trinajstić information content (AvgIpc) is 3.67. The van der Waals surface area contributed by atoms with Crippen LogP contribution in [0, 0.1) is 5.41 Å². The Balaban J connectivity index is 1.44. The average molecular weight is 770 g/mol. The number of amides is 3. The number of carbonyl (C=O) groups is 5. The minimum absolute atomic E-state index is 0.00727. The van der Waals surface area contributed by atoms with Crippen LogP contribution in [0.2, 0.25) is 0 Å². The van der Waals surface area contributed by atoms with Crippen LogP contribution in [0.1, 0.15) is 53.8 Å². The summed E-state index contributed by atoms with van der Waals surface area (Å²) < 4.78 is 21.1. The number of hydrogen-bond donors (Lipinski definition) is 3. The molecule has 2 aromatic heterocycles. The molecule has 3 amide bonds. The van der Waals surface area contributed by atoms with Crippen molar-refractivity contribution >= 4 is 75.7 Å². The first-order valence-corrected chi connectivity index (χ1v) is 18.2. The molecule has 4 N–H and O–H groups in total. The lowest BCUT2D eigenvalue weighted by molar-refractivity contribution is -0.173. The number of oxime groups is 1. The highest BCUT2D eigenvalue weighted by atomic mass is 32.2. The number of alkyl carbamates (subject to hydrolysis) is 1. The third kappa shape index (κ3) is 10.5. The normalized spacial score (nSPS) is 17.7. The highest BCUT2D eigenvalue weighted by Crippen LogP contribution is 2.42. The molecule has 0 spiro atoms. The second kappa shape index (κ2) is 16.7. The number of nitrogens with two attached hydrogens (primary N) is 1. The molecule has 0 radical (unpaired) electrons. The summed E-state index contributed by atoms with van der Waals surface area (Å²) in [6.07, 6.45) is -0.259. The number of nitrogen functional groups attached to an aromatic ring is 1. The lowest BCUT2D eigenvalue weighted by atomic mass is 9.98. The highest BCUT2D eigenvalue weighted by molar-refractivity contribution is 8.01. The van der Waals surface area contributed by atoms with Crippen molar-refractivity contribution in [2.45, 2.75) is 70.1 Å². The van der Waals surface area contributed by atoms with Crippen LogP contribution in [-0.4, -0.2) is 118 Å². The summed E-state index contributed by atoms with van der Waals surface area (Å²) in [6, 6.07) is -1.07. The van der Waals surface area contributed by atoms with Gasteiger partial charge in [-0.05, 0) is 57.5 Å². The molecule has 0 aliphatic carbocycles. The number of tetrazole rings is 1. The van der Waals surface area contributed by atoms with E-state index in [1.165, 1.54) is 33.1 Å². The molecule has 2 atom stereocenters. The van der Waals surface area contributed by atoms with Crippen LogP contribution in [0.3, 0.4) is 0 Å². The first kappa shape index (κ1) is 39.3. The molecule has 0 saturated carbocycles. The number of nitrogens with one attached hydrogen (secondary N) is 2. The fourth-order valence-corrected chi connectivity index (χ4v) is 6.95. The van der Waals surface area contributed by atoms with E-state index in [2.05, 4.69) is 40.7 Å². The Bertz CT molecular complexity index is 1700. The predicted molar refractivity (Wildman–Crippen MR) is 184 cm³/mol. The number of aromatic nitrogens is 6. The van der Waals surface area contributed by atoms with Gasteiger partial charge in [-0.1, -0.05) is 16.9 Å². The van der Waals surface area contributed by atoms with Crippen molar-refractivity contribution < 1.29 is 43.0 Å². The molecule has 1 saturated heterocycles. The van der Waals surface area contributed by atoms with Gasteiger partial charge in [-0.15, -0.1) is 16.9 Å². The van der Waals surface area contributed by atoms with Crippen LogP contribution in [0.4, 0.5) is 9.93 Å². The van der Waals surface area contributed by atoms with E-state index in [1.807, 2.05) is 0 Å². The number of carbonyl (C=O) groups excluding carboxylic acids is 5. The van der Waals surface area contributed by atoms with Crippen molar-refractivity contribution in [3.8, 4) is 0 Å². The molecule has 23 heteroatoms. The number of esters is 2. The Morgan fingerprint density at radius 3 is 2.51 bits per heavy atom. The zero-order chi connectivity index (χ0) is 37.5. The number of aryl methyl sites for hydroxylation is 1. The molecule has 2 aliphatic rings. The summed E-state index contributed by atoms with van der Waals surface area (Å²) in [4.78, 5) is 75.1. The maximum absolute atomic E-state index is 13.6. The van der Waals surface area contributed by atoms with E-state index in [1.54, 1.807) is 48.6 Å².